The zero-order chi connectivity index (χ0) is 21.7. The number of aromatic carboxylic acids is 1. The van der Waals surface area contributed by atoms with Crippen LogP contribution in [0.4, 0.5) is 5.69 Å². The van der Waals surface area contributed by atoms with E-state index in [2.05, 4.69) is 4.99 Å². The van der Waals surface area contributed by atoms with Crippen molar-refractivity contribution < 1.29 is 24.2 Å². The zero-order valence-corrected chi connectivity index (χ0v) is 16.9. The molecule has 1 heterocycles. The molecule has 2 amide bonds. The molecular weight excluding hydrogens is 406 g/mol. The highest BCUT2D eigenvalue weighted by Gasteiger charge is 2.32. The summed E-state index contributed by atoms with van der Waals surface area (Å²) in [5, 5.41) is 9.62. The van der Waals surface area contributed by atoms with Crippen LogP contribution in [-0.4, -0.2) is 46.1 Å². The van der Waals surface area contributed by atoms with E-state index in [9.17, 15) is 14.4 Å². The van der Waals surface area contributed by atoms with Crippen molar-refractivity contribution in [1.29, 1.82) is 0 Å². The number of amidine groups is 1. The van der Waals surface area contributed by atoms with Gasteiger partial charge < -0.3 is 15.6 Å². The van der Waals surface area contributed by atoms with Gasteiger partial charge in [-0.15, -0.1) is 0 Å². The highest BCUT2D eigenvalue weighted by atomic mass is 32.2. The molecule has 0 spiro atoms. The highest BCUT2D eigenvalue weighted by molar-refractivity contribution is 8.18. The second-order valence-electron chi connectivity index (χ2n) is 6.23. The molecule has 8 nitrogen and oxygen atoms in total. The van der Waals surface area contributed by atoms with Crippen LogP contribution >= 0.6 is 11.8 Å². The first-order valence-corrected chi connectivity index (χ1v) is 9.83. The molecule has 2 aromatic rings. The van der Waals surface area contributed by atoms with Crippen molar-refractivity contribution >= 4 is 46.5 Å². The molecule has 1 fully saturated rings. The van der Waals surface area contributed by atoms with Gasteiger partial charge in [0.25, 0.3) is 11.8 Å². The average molecular weight is 425 g/mol. The average Bonchev–Trinajstić information content (AvgIpc) is 3.01. The molecule has 0 unspecified atom stereocenters. The molecule has 0 aromatic heterocycles. The molecule has 9 heteroatoms. The number of carbonyl (C=O) groups excluding carboxylic acids is 2. The van der Waals surface area contributed by atoms with Gasteiger partial charge in [-0.3, -0.25) is 14.5 Å². The Morgan fingerprint density at radius 3 is 2.60 bits per heavy atom. The minimum atomic E-state index is -1.04. The van der Waals surface area contributed by atoms with Crippen LogP contribution in [0.5, 0.6) is 5.75 Å². The van der Waals surface area contributed by atoms with Crippen LogP contribution in [0.3, 0.4) is 0 Å². The molecule has 30 heavy (non-hydrogen) atoms. The van der Waals surface area contributed by atoms with E-state index in [-0.39, 0.29) is 18.1 Å². The van der Waals surface area contributed by atoms with E-state index in [0.717, 1.165) is 5.56 Å². The topological polar surface area (TPSA) is 122 Å². The molecule has 0 atom stereocenters. The van der Waals surface area contributed by atoms with Gasteiger partial charge in [-0.1, -0.05) is 18.2 Å². The number of ether oxygens (including phenoxy) is 1. The molecule has 0 aliphatic carbocycles. The summed E-state index contributed by atoms with van der Waals surface area (Å²) in [5.41, 5.74) is 6.42. The molecule has 1 saturated heterocycles. The smallest absolute Gasteiger partial charge is 0.335 e. The molecule has 2 aromatic carbocycles. The predicted molar refractivity (Wildman–Crippen MR) is 115 cm³/mol. The van der Waals surface area contributed by atoms with Gasteiger partial charge in [0, 0.05) is 6.54 Å². The lowest BCUT2D eigenvalue weighted by molar-refractivity contribution is -0.122. The van der Waals surface area contributed by atoms with E-state index in [1.165, 1.54) is 28.8 Å². The number of carboxylic acid groups (broad SMARTS) is 1. The van der Waals surface area contributed by atoms with Gasteiger partial charge >= 0.3 is 5.97 Å². The number of hydrogen-bond donors (Lipinski definition) is 2. The van der Waals surface area contributed by atoms with Crippen LogP contribution in [0.2, 0.25) is 0 Å². The number of nitrogens with zero attached hydrogens (tertiary/aromatic N) is 2. The number of carboxylic acids is 1. The van der Waals surface area contributed by atoms with Crippen LogP contribution in [0.25, 0.3) is 6.08 Å². The van der Waals surface area contributed by atoms with Gasteiger partial charge in [-0.05, 0) is 60.7 Å². The summed E-state index contributed by atoms with van der Waals surface area (Å²) < 4.78 is 5.22. The number of primary amides is 1. The number of aliphatic imine (C=N–C) groups is 1. The van der Waals surface area contributed by atoms with Crippen molar-refractivity contribution in [2.45, 2.75) is 6.92 Å². The summed E-state index contributed by atoms with van der Waals surface area (Å²) in [6.45, 7) is 2.07. The third-order valence-electron chi connectivity index (χ3n) is 4.08. The first-order valence-electron chi connectivity index (χ1n) is 9.02. The van der Waals surface area contributed by atoms with Crippen LogP contribution in [0, 0.1) is 0 Å². The van der Waals surface area contributed by atoms with Gasteiger partial charge in [0.15, 0.2) is 11.8 Å². The van der Waals surface area contributed by atoms with Crippen molar-refractivity contribution in [3.05, 3.63) is 64.6 Å². The van der Waals surface area contributed by atoms with Crippen molar-refractivity contribution in [3.63, 3.8) is 0 Å². The summed E-state index contributed by atoms with van der Waals surface area (Å²) in [7, 11) is 0. The summed E-state index contributed by atoms with van der Waals surface area (Å²) in [5.74, 6) is -1.28. The normalized spacial score (nSPS) is 16.3. The molecule has 154 valence electrons. The van der Waals surface area contributed by atoms with Crippen LogP contribution in [-0.2, 0) is 9.59 Å². The molecular formula is C21H19N3O5S. The minimum absolute atomic E-state index is 0.128. The quantitative estimate of drug-likeness (QED) is 0.658. The Labute approximate surface area is 177 Å². The Bertz CT molecular complexity index is 1050. The maximum absolute atomic E-state index is 12.7. The Balaban J connectivity index is 1.82. The number of rotatable bonds is 7. The lowest BCUT2D eigenvalue weighted by Crippen LogP contribution is -2.28. The summed E-state index contributed by atoms with van der Waals surface area (Å²) >= 11 is 1.22. The predicted octanol–water partition coefficient (Wildman–Crippen LogP) is 2.87. The van der Waals surface area contributed by atoms with E-state index < -0.39 is 11.9 Å². The SMILES string of the molecule is CCN1C(=O)/C(=C/c2ccc(OCC(N)=O)cc2)SC1=Nc1cccc(C(=O)O)c1. The van der Waals surface area contributed by atoms with E-state index in [1.54, 1.807) is 42.5 Å². The molecule has 3 N–H and O–H groups in total. The van der Waals surface area contributed by atoms with Gasteiger partial charge in [0.05, 0.1) is 16.2 Å². The maximum atomic E-state index is 12.7. The molecule has 0 radical (unpaired) electrons. The number of carbonyl (C=O) groups is 3. The lowest BCUT2D eigenvalue weighted by atomic mass is 10.2. The third kappa shape index (κ3) is 5.06. The zero-order valence-electron chi connectivity index (χ0n) is 16.1. The third-order valence-corrected chi connectivity index (χ3v) is 5.09. The van der Waals surface area contributed by atoms with Gasteiger partial charge in [0.1, 0.15) is 5.75 Å². The summed E-state index contributed by atoms with van der Waals surface area (Å²) in [6, 6.07) is 13.1. The number of thioether (sulfide) groups is 1. The van der Waals surface area contributed by atoms with Crippen LogP contribution in [0.1, 0.15) is 22.8 Å². The molecule has 1 aliphatic heterocycles. The number of hydrogen-bond acceptors (Lipinski definition) is 6. The Hall–Kier alpha value is -3.59. The maximum Gasteiger partial charge on any atom is 0.335 e. The molecule has 0 saturated carbocycles. The molecule has 0 bridgehead atoms. The van der Waals surface area contributed by atoms with Gasteiger partial charge in [-0.2, -0.15) is 0 Å². The fraction of sp³-hybridized carbons (Fsp3) is 0.143. The number of nitrogens with two attached hydrogens (primary N) is 1. The highest BCUT2D eigenvalue weighted by Crippen LogP contribution is 2.34. The number of likely N-dealkylation sites (N-methyl/N-ethyl adjacent to an activating group) is 1. The van der Waals surface area contributed by atoms with E-state index >= 15 is 0 Å². The van der Waals surface area contributed by atoms with Crippen LogP contribution < -0.4 is 10.5 Å². The standard InChI is InChI=1S/C21H19N3O5S/c1-2-24-19(26)17(10-13-6-8-16(9-7-13)29-12-18(22)25)30-21(24)23-15-5-3-4-14(11-15)20(27)28/h3-11H,2,12H2,1H3,(H2,22,25)(H,27,28)/b17-10-,23-21?. The van der Waals surface area contributed by atoms with E-state index in [1.807, 2.05) is 6.92 Å². The minimum Gasteiger partial charge on any atom is -0.484 e. The Morgan fingerprint density at radius 2 is 1.97 bits per heavy atom. The van der Waals surface area contributed by atoms with Gasteiger partial charge in [-0.25, -0.2) is 9.79 Å². The summed E-state index contributed by atoms with van der Waals surface area (Å²) in [6.07, 6.45) is 1.74. The van der Waals surface area contributed by atoms with E-state index in [4.69, 9.17) is 15.6 Å². The number of amides is 2. The largest absolute Gasteiger partial charge is 0.484 e. The van der Waals surface area contributed by atoms with Crippen molar-refractivity contribution in [2.24, 2.45) is 10.7 Å². The molecule has 1 aliphatic rings. The Morgan fingerprint density at radius 1 is 1.23 bits per heavy atom. The number of benzene rings is 2. The van der Waals surface area contributed by atoms with E-state index in [0.29, 0.717) is 28.1 Å². The van der Waals surface area contributed by atoms with Crippen molar-refractivity contribution in [2.75, 3.05) is 13.2 Å². The fourth-order valence-electron chi connectivity index (χ4n) is 2.66. The van der Waals surface area contributed by atoms with Gasteiger partial charge in [0.2, 0.25) is 0 Å². The van der Waals surface area contributed by atoms with Crippen molar-refractivity contribution in [3.8, 4) is 5.75 Å². The second-order valence-corrected chi connectivity index (χ2v) is 7.24. The monoisotopic (exact) mass is 425 g/mol. The first-order chi connectivity index (χ1) is 14.4. The second kappa shape index (κ2) is 9.27. The fourth-order valence-corrected chi connectivity index (χ4v) is 3.72. The lowest BCUT2D eigenvalue weighted by Gasteiger charge is -2.12. The van der Waals surface area contributed by atoms with Crippen LogP contribution in [0.15, 0.2) is 58.4 Å². The van der Waals surface area contributed by atoms with Crippen molar-refractivity contribution in [1.82, 2.24) is 4.90 Å². The Kier molecular flexibility index (Phi) is 6.53. The summed E-state index contributed by atoms with van der Waals surface area (Å²) in [4.78, 5) is 41.2. The first kappa shape index (κ1) is 21.1. The molecule has 3 rings (SSSR count).